The molecular formula is C24H28N2O2. The maximum atomic E-state index is 5.51. The van der Waals surface area contributed by atoms with E-state index in [9.17, 15) is 0 Å². The summed E-state index contributed by atoms with van der Waals surface area (Å²) in [6, 6.07) is 13.9. The Morgan fingerprint density at radius 1 is 1.00 bits per heavy atom. The van der Waals surface area contributed by atoms with E-state index in [0.717, 1.165) is 17.9 Å². The first-order valence-electron chi connectivity index (χ1n) is 10.3. The molecule has 0 radical (unpaired) electrons. The molecule has 1 aliphatic carbocycles. The van der Waals surface area contributed by atoms with Crippen LogP contribution in [0.2, 0.25) is 0 Å². The van der Waals surface area contributed by atoms with Crippen LogP contribution in [0.25, 0.3) is 10.9 Å². The Labute approximate surface area is 166 Å². The van der Waals surface area contributed by atoms with Crippen molar-refractivity contribution in [1.82, 2.24) is 10.3 Å². The fraction of sp³-hybridized carbons (Fsp3) is 0.417. The first kappa shape index (κ1) is 17.6. The van der Waals surface area contributed by atoms with Crippen LogP contribution < -0.4 is 14.8 Å². The molecule has 1 aliphatic heterocycles. The monoisotopic (exact) mass is 376 g/mol. The van der Waals surface area contributed by atoms with Gasteiger partial charge in [-0.05, 0) is 61.6 Å². The Kier molecular flexibility index (Phi) is 4.31. The van der Waals surface area contributed by atoms with Gasteiger partial charge in [-0.15, -0.1) is 0 Å². The van der Waals surface area contributed by atoms with E-state index in [-0.39, 0.29) is 0 Å². The maximum Gasteiger partial charge on any atom is 0.160 e. The molecule has 0 amide bonds. The quantitative estimate of drug-likeness (QED) is 0.672. The normalized spacial score (nSPS) is 23.5. The average molecular weight is 377 g/mol. The number of methoxy groups -OCH3 is 2. The molecular weight excluding hydrogens is 348 g/mol. The number of aryl methyl sites for hydroxylation is 1. The molecule has 2 aromatic carbocycles. The summed E-state index contributed by atoms with van der Waals surface area (Å²) in [5.74, 6) is 2.20. The minimum Gasteiger partial charge on any atom is -0.493 e. The SMILES string of the molecule is COc1ccc(C[C@@H]2N[C@H]3CCC[C@H]3c3c2[nH]c2ccc(C)cc32)cc1OC. The van der Waals surface area contributed by atoms with Crippen LogP contribution in [0.5, 0.6) is 11.5 Å². The van der Waals surface area contributed by atoms with Crippen LogP contribution in [0.3, 0.4) is 0 Å². The van der Waals surface area contributed by atoms with Crippen LogP contribution in [0.1, 0.15) is 53.6 Å². The highest BCUT2D eigenvalue weighted by Gasteiger charge is 2.39. The second-order valence-electron chi connectivity index (χ2n) is 8.26. The Morgan fingerprint density at radius 3 is 2.68 bits per heavy atom. The van der Waals surface area contributed by atoms with Gasteiger partial charge in [0.1, 0.15) is 0 Å². The summed E-state index contributed by atoms with van der Waals surface area (Å²) in [7, 11) is 3.38. The number of hydrogen-bond acceptors (Lipinski definition) is 3. The Bertz CT molecular complexity index is 1020. The summed E-state index contributed by atoms with van der Waals surface area (Å²) in [6.07, 6.45) is 4.80. The van der Waals surface area contributed by atoms with Gasteiger partial charge in [-0.1, -0.05) is 24.1 Å². The van der Waals surface area contributed by atoms with Gasteiger partial charge >= 0.3 is 0 Å². The number of nitrogens with one attached hydrogen (secondary N) is 2. The largest absolute Gasteiger partial charge is 0.493 e. The van der Waals surface area contributed by atoms with Crippen LogP contribution >= 0.6 is 0 Å². The van der Waals surface area contributed by atoms with E-state index in [1.165, 1.54) is 47.0 Å². The second kappa shape index (κ2) is 6.85. The van der Waals surface area contributed by atoms with Gasteiger partial charge in [-0.3, -0.25) is 0 Å². The van der Waals surface area contributed by atoms with Crippen molar-refractivity contribution in [2.75, 3.05) is 14.2 Å². The molecule has 1 fully saturated rings. The molecule has 4 heteroatoms. The summed E-state index contributed by atoms with van der Waals surface area (Å²) in [5, 5.41) is 5.38. The fourth-order valence-electron chi connectivity index (χ4n) is 5.27. The molecule has 2 heterocycles. The minimum atomic E-state index is 0.292. The number of rotatable bonds is 4. The van der Waals surface area contributed by atoms with Gasteiger partial charge in [0.2, 0.25) is 0 Å². The Hall–Kier alpha value is -2.46. The number of ether oxygens (including phenoxy) is 2. The van der Waals surface area contributed by atoms with E-state index in [2.05, 4.69) is 47.6 Å². The van der Waals surface area contributed by atoms with E-state index >= 15 is 0 Å². The summed E-state index contributed by atoms with van der Waals surface area (Å²) >= 11 is 0. The molecule has 0 bridgehead atoms. The van der Waals surface area contributed by atoms with Crippen LogP contribution in [0.15, 0.2) is 36.4 Å². The number of aromatic nitrogens is 1. The smallest absolute Gasteiger partial charge is 0.160 e. The molecule has 2 aliphatic rings. The molecule has 1 aromatic heterocycles. The van der Waals surface area contributed by atoms with Crippen molar-refractivity contribution in [2.24, 2.45) is 0 Å². The minimum absolute atomic E-state index is 0.292. The van der Waals surface area contributed by atoms with Gasteiger partial charge < -0.3 is 19.8 Å². The second-order valence-corrected chi connectivity index (χ2v) is 8.26. The lowest BCUT2D eigenvalue weighted by Gasteiger charge is -2.34. The first-order valence-corrected chi connectivity index (χ1v) is 10.3. The molecule has 3 atom stereocenters. The van der Waals surface area contributed by atoms with Crippen molar-refractivity contribution < 1.29 is 9.47 Å². The predicted octanol–water partition coefficient (Wildman–Crippen LogP) is 5.02. The molecule has 146 valence electrons. The molecule has 1 saturated carbocycles. The lowest BCUT2D eigenvalue weighted by molar-refractivity contribution is 0.352. The van der Waals surface area contributed by atoms with Crippen molar-refractivity contribution in [3.8, 4) is 11.5 Å². The summed E-state index contributed by atoms with van der Waals surface area (Å²) in [4.78, 5) is 3.76. The van der Waals surface area contributed by atoms with Gasteiger partial charge in [-0.2, -0.15) is 0 Å². The van der Waals surface area contributed by atoms with Crippen molar-refractivity contribution >= 4 is 10.9 Å². The van der Waals surface area contributed by atoms with E-state index in [0.29, 0.717) is 18.0 Å². The van der Waals surface area contributed by atoms with Gasteiger partial charge in [0.05, 0.1) is 20.3 Å². The first-order chi connectivity index (χ1) is 13.7. The standard InChI is InChI=1S/C24H28N2O2/c1-14-7-9-19-17(11-14)23-16-5-4-6-18(16)25-20(24(23)26-19)12-15-8-10-21(27-2)22(13-15)28-3/h7-11,13,16,18,20,25-26H,4-6,12H2,1-3H3/t16-,18+,20+/m1/s1. The van der Waals surface area contributed by atoms with Crippen molar-refractivity contribution in [3.63, 3.8) is 0 Å². The lowest BCUT2D eigenvalue weighted by atomic mass is 9.83. The zero-order valence-corrected chi connectivity index (χ0v) is 16.8. The zero-order chi connectivity index (χ0) is 19.3. The zero-order valence-electron chi connectivity index (χ0n) is 16.8. The van der Waals surface area contributed by atoms with E-state index in [4.69, 9.17) is 9.47 Å². The number of hydrogen-bond donors (Lipinski definition) is 2. The summed E-state index contributed by atoms with van der Waals surface area (Å²) in [5.41, 5.74) is 6.79. The molecule has 4 nitrogen and oxygen atoms in total. The van der Waals surface area contributed by atoms with Gasteiger partial charge in [0.15, 0.2) is 11.5 Å². The third-order valence-corrected chi connectivity index (χ3v) is 6.56. The third kappa shape index (κ3) is 2.78. The molecule has 0 unspecified atom stereocenters. The lowest BCUT2D eigenvalue weighted by Crippen LogP contribution is -2.40. The molecule has 28 heavy (non-hydrogen) atoms. The Balaban J connectivity index is 1.56. The van der Waals surface area contributed by atoms with Crippen LogP contribution in [-0.4, -0.2) is 25.2 Å². The average Bonchev–Trinajstić information content (AvgIpc) is 3.31. The number of H-pyrrole nitrogens is 1. The molecule has 3 aromatic rings. The number of fused-ring (bicyclic) bond motifs is 5. The topological polar surface area (TPSA) is 46.3 Å². The summed E-state index contributed by atoms with van der Waals surface area (Å²) < 4.78 is 10.9. The van der Waals surface area contributed by atoms with E-state index in [1.54, 1.807) is 19.8 Å². The van der Waals surface area contributed by atoms with Gasteiger partial charge in [-0.25, -0.2) is 0 Å². The molecule has 0 saturated heterocycles. The van der Waals surface area contributed by atoms with Crippen LogP contribution in [-0.2, 0) is 6.42 Å². The fourth-order valence-corrected chi connectivity index (χ4v) is 5.27. The third-order valence-electron chi connectivity index (χ3n) is 6.56. The van der Waals surface area contributed by atoms with Crippen molar-refractivity contribution in [2.45, 2.75) is 50.6 Å². The Morgan fingerprint density at radius 2 is 1.86 bits per heavy atom. The highest BCUT2D eigenvalue weighted by atomic mass is 16.5. The van der Waals surface area contributed by atoms with Crippen molar-refractivity contribution in [3.05, 3.63) is 58.8 Å². The number of benzene rings is 2. The van der Waals surface area contributed by atoms with Gasteiger partial charge in [0, 0.05) is 28.6 Å². The summed E-state index contributed by atoms with van der Waals surface area (Å²) in [6.45, 7) is 2.19. The molecule has 2 N–H and O–H groups in total. The molecule has 0 spiro atoms. The van der Waals surface area contributed by atoms with E-state index in [1.807, 2.05) is 6.07 Å². The molecule has 5 rings (SSSR count). The number of aromatic amines is 1. The van der Waals surface area contributed by atoms with Gasteiger partial charge in [0.25, 0.3) is 0 Å². The highest BCUT2D eigenvalue weighted by Crippen LogP contribution is 2.46. The van der Waals surface area contributed by atoms with Crippen molar-refractivity contribution in [1.29, 1.82) is 0 Å². The highest BCUT2D eigenvalue weighted by molar-refractivity contribution is 5.86. The maximum absolute atomic E-state index is 5.51. The predicted molar refractivity (Wildman–Crippen MR) is 113 cm³/mol. The van der Waals surface area contributed by atoms with Crippen LogP contribution in [0.4, 0.5) is 0 Å². The van der Waals surface area contributed by atoms with Crippen LogP contribution in [0, 0.1) is 6.92 Å². The van der Waals surface area contributed by atoms with E-state index < -0.39 is 0 Å².